The Morgan fingerprint density at radius 3 is 2.39 bits per heavy atom. The number of anilines is 1. The second kappa shape index (κ2) is 9.30. The Hall–Kier alpha value is -2.25. The highest BCUT2D eigenvalue weighted by molar-refractivity contribution is 8.03. The van der Waals surface area contributed by atoms with Crippen LogP contribution in [0.5, 0.6) is 0 Å². The first kappa shape index (κ1) is 20.5. The van der Waals surface area contributed by atoms with Gasteiger partial charge >= 0.3 is 5.70 Å². The molecule has 0 aliphatic heterocycles. The Kier molecular flexibility index (Phi) is 6.80. The zero-order valence-electron chi connectivity index (χ0n) is 14.1. The number of thioether (sulfide) groups is 1. The molecule has 3 aromatic rings. The molecule has 0 radical (unpaired) electrons. The number of allylic oxidation sites excluding steroid dienone is 1. The third kappa shape index (κ3) is 4.77. The van der Waals surface area contributed by atoms with E-state index in [0.29, 0.717) is 11.2 Å². The first-order valence-electron chi connectivity index (χ1n) is 7.91. The van der Waals surface area contributed by atoms with Crippen molar-refractivity contribution < 1.29 is 4.92 Å². The summed E-state index contributed by atoms with van der Waals surface area (Å²) in [6.07, 6.45) is 1.65. The van der Waals surface area contributed by atoms with Gasteiger partial charge in [-0.25, -0.2) is 0 Å². The predicted octanol–water partition coefficient (Wildman–Crippen LogP) is 6.77. The number of nitrogens with zero attached hydrogens (tertiary/aromatic N) is 2. The van der Waals surface area contributed by atoms with Crippen molar-refractivity contribution in [1.29, 1.82) is 0 Å². The highest BCUT2D eigenvalue weighted by atomic mass is 35.5. The van der Waals surface area contributed by atoms with Crippen LogP contribution in [0.2, 0.25) is 0 Å². The second-order valence-corrected chi connectivity index (χ2v) is 7.84. The fourth-order valence-corrected chi connectivity index (χ4v) is 3.78. The quantitative estimate of drug-likeness (QED) is 0.193. The molecular formula is C19H12Cl3N3O2S. The van der Waals surface area contributed by atoms with Crippen LogP contribution in [0.25, 0.3) is 10.9 Å². The summed E-state index contributed by atoms with van der Waals surface area (Å²) < 4.78 is -0.391. The van der Waals surface area contributed by atoms with Gasteiger partial charge in [-0.2, -0.15) is 0 Å². The van der Waals surface area contributed by atoms with Crippen molar-refractivity contribution in [3.05, 3.63) is 97.2 Å². The van der Waals surface area contributed by atoms with Crippen LogP contribution < -0.4 is 5.32 Å². The zero-order valence-corrected chi connectivity index (χ0v) is 17.2. The molecule has 28 heavy (non-hydrogen) atoms. The molecule has 0 unspecified atom stereocenters. The van der Waals surface area contributed by atoms with E-state index in [-0.39, 0.29) is 10.1 Å². The fourth-order valence-electron chi connectivity index (χ4n) is 2.42. The number of halogens is 3. The van der Waals surface area contributed by atoms with Gasteiger partial charge in [0.2, 0.25) is 0 Å². The van der Waals surface area contributed by atoms with Crippen LogP contribution in [0.1, 0.15) is 0 Å². The molecule has 1 N–H and O–H groups in total. The van der Waals surface area contributed by atoms with Gasteiger partial charge in [0.15, 0.2) is 10.1 Å². The Balaban J connectivity index is 2.16. The number of nitrogens with one attached hydrogen (secondary N) is 1. The number of aromatic nitrogens is 1. The van der Waals surface area contributed by atoms with Crippen molar-refractivity contribution >= 4 is 63.2 Å². The molecule has 5 nitrogen and oxygen atoms in total. The number of hydrogen-bond acceptors (Lipinski definition) is 5. The number of benzene rings is 2. The summed E-state index contributed by atoms with van der Waals surface area (Å²) in [5.41, 5.74) is 0.824. The highest BCUT2D eigenvalue weighted by Gasteiger charge is 2.27. The normalized spacial score (nSPS) is 11.7. The summed E-state index contributed by atoms with van der Waals surface area (Å²) in [6, 6.07) is 18.4. The average molecular weight is 453 g/mol. The van der Waals surface area contributed by atoms with Crippen molar-refractivity contribution in [3.8, 4) is 0 Å². The Morgan fingerprint density at radius 1 is 1.00 bits per heavy atom. The lowest BCUT2D eigenvalue weighted by Gasteiger charge is -2.13. The van der Waals surface area contributed by atoms with Gasteiger partial charge in [-0.05, 0) is 24.3 Å². The van der Waals surface area contributed by atoms with Gasteiger partial charge in [0.25, 0.3) is 0 Å². The molecule has 0 saturated heterocycles. The van der Waals surface area contributed by atoms with Crippen LogP contribution in [0.15, 0.2) is 92.0 Å². The van der Waals surface area contributed by atoms with Gasteiger partial charge in [-0.3, -0.25) is 15.1 Å². The topological polar surface area (TPSA) is 68.1 Å². The van der Waals surface area contributed by atoms with E-state index in [0.717, 1.165) is 22.0 Å². The van der Waals surface area contributed by atoms with E-state index in [9.17, 15) is 10.1 Å². The maximum atomic E-state index is 11.8. The Labute approximate surface area is 180 Å². The SMILES string of the molecule is O=[N+]([O-])/C(C(Cl)=C(Cl)Cl)=C(/Nc1cccc2cccnc12)Sc1ccccc1. The lowest BCUT2D eigenvalue weighted by atomic mass is 10.2. The van der Waals surface area contributed by atoms with Gasteiger partial charge in [0, 0.05) is 16.5 Å². The van der Waals surface area contributed by atoms with E-state index in [1.54, 1.807) is 12.3 Å². The molecule has 0 fully saturated rings. The molecule has 0 spiro atoms. The average Bonchev–Trinajstić information content (AvgIpc) is 2.68. The number of nitro groups is 1. The van der Waals surface area contributed by atoms with Crippen LogP contribution in [0, 0.1) is 10.1 Å². The maximum absolute atomic E-state index is 11.8. The van der Waals surface area contributed by atoms with E-state index in [4.69, 9.17) is 34.8 Å². The summed E-state index contributed by atoms with van der Waals surface area (Å²) in [6.45, 7) is 0. The standard InChI is InChI=1S/C19H12Cl3N3O2S/c20-15(18(21)22)17(25(26)27)19(28-13-8-2-1-3-9-13)24-14-10-4-6-12-7-5-11-23-16(12)14/h1-11,24H/b19-17-. The first-order valence-corrected chi connectivity index (χ1v) is 9.86. The van der Waals surface area contributed by atoms with E-state index >= 15 is 0 Å². The van der Waals surface area contributed by atoms with Gasteiger partial charge in [-0.15, -0.1) is 0 Å². The number of para-hydroxylation sites is 1. The summed E-state index contributed by atoms with van der Waals surface area (Å²) in [5.74, 6) is 0. The van der Waals surface area contributed by atoms with Gasteiger partial charge in [0.1, 0.15) is 4.49 Å². The van der Waals surface area contributed by atoms with Crippen LogP contribution in [0.3, 0.4) is 0 Å². The van der Waals surface area contributed by atoms with E-state index in [1.807, 2.05) is 54.6 Å². The number of pyridine rings is 1. The number of rotatable bonds is 6. The summed E-state index contributed by atoms with van der Waals surface area (Å²) >= 11 is 18.7. The number of fused-ring (bicyclic) bond motifs is 1. The van der Waals surface area contributed by atoms with Crippen LogP contribution in [-0.4, -0.2) is 9.91 Å². The minimum absolute atomic E-state index is 0.165. The largest absolute Gasteiger partial charge is 0.342 e. The fraction of sp³-hybridized carbons (Fsp3) is 0. The van der Waals surface area contributed by atoms with Gasteiger partial charge in [0.05, 0.1) is 16.1 Å². The monoisotopic (exact) mass is 451 g/mol. The minimum atomic E-state index is -0.621. The van der Waals surface area contributed by atoms with E-state index in [2.05, 4.69) is 10.3 Å². The molecule has 0 bridgehead atoms. The maximum Gasteiger partial charge on any atom is 0.320 e. The second-order valence-electron chi connectivity index (χ2n) is 5.43. The Bertz CT molecular complexity index is 1080. The van der Waals surface area contributed by atoms with E-state index < -0.39 is 15.1 Å². The predicted molar refractivity (Wildman–Crippen MR) is 116 cm³/mol. The van der Waals surface area contributed by atoms with Crippen LogP contribution >= 0.6 is 46.6 Å². The minimum Gasteiger partial charge on any atom is -0.342 e. The van der Waals surface area contributed by atoms with Gasteiger partial charge < -0.3 is 5.32 Å². The zero-order chi connectivity index (χ0) is 20.1. The molecular weight excluding hydrogens is 441 g/mol. The molecule has 1 aromatic heterocycles. The molecule has 0 aliphatic carbocycles. The third-order valence-electron chi connectivity index (χ3n) is 3.62. The van der Waals surface area contributed by atoms with Crippen molar-refractivity contribution in [1.82, 2.24) is 4.98 Å². The molecule has 2 aromatic carbocycles. The molecule has 0 atom stereocenters. The number of hydrogen-bond donors (Lipinski definition) is 1. The van der Waals surface area contributed by atoms with Crippen LogP contribution in [0.4, 0.5) is 5.69 Å². The van der Waals surface area contributed by atoms with Crippen LogP contribution in [-0.2, 0) is 0 Å². The summed E-state index contributed by atoms with van der Waals surface area (Å²) in [7, 11) is 0. The lowest BCUT2D eigenvalue weighted by molar-refractivity contribution is -0.420. The molecule has 0 aliphatic rings. The van der Waals surface area contributed by atoms with Crippen molar-refractivity contribution in [2.75, 3.05) is 5.32 Å². The molecule has 9 heteroatoms. The molecule has 3 rings (SSSR count). The molecule has 0 amide bonds. The highest BCUT2D eigenvalue weighted by Crippen LogP contribution is 2.37. The van der Waals surface area contributed by atoms with Crippen molar-refractivity contribution in [3.63, 3.8) is 0 Å². The summed E-state index contributed by atoms with van der Waals surface area (Å²) in [5, 5.41) is 15.6. The van der Waals surface area contributed by atoms with E-state index in [1.165, 1.54) is 0 Å². The molecule has 1 heterocycles. The lowest BCUT2D eigenvalue weighted by Crippen LogP contribution is -2.09. The molecule has 0 saturated carbocycles. The Morgan fingerprint density at radius 2 is 1.71 bits per heavy atom. The molecule has 142 valence electrons. The third-order valence-corrected chi connectivity index (χ3v) is 5.56. The van der Waals surface area contributed by atoms with Crippen molar-refractivity contribution in [2.24, 2.45) is 0 Å². The smallest absolute Gasteiger partial charge is 0.320 e. The first-order chi connectivity index (χ1) is 13.5. The van der Waals surface area contributed by atoms with Gasteiger partial charge in [-0.1, -0.05) is 83.0 Å². The summed E-state index contributed by atoms with van der Waals surface area (Å²) in [4.78, 5) is 16.3. The van der Waals surface area contributed by atoms with Crippen molar-refractivity contribution in [2.45, 2.75) is 4.90 Å².